The molecule has 0 saturated carbocycles. The molecule has 0 spiro atoms. The molecule has 0 aliphatic rings. The lowest BCUT2D eigenvalue weighted by atomic mass is 9.73. The molecule has 0 bridgehead atoms. The Kier molecular flexibility index (Phi) is 5.06. The summed E-state index contributed by atoms with van der Waals surface area (Å²) in [5.41, 5.74) is 3.55. The lowest BCUT2D eigenvalue weighted by Crippen LogP contribution is -2.25. The van der Waals surface area contributed by atoms with Gasteiger partial charge >= 0.3 is 0 Å². The van der Waals surface area contributed by atoms with Gasteiger partial charge < -0.3 is 5.11 Å². The fourth-order valence-electron chi connectivity index (χ4n) is 2.36. The van der Waals surface area contributed by atoms with Gasteiger partial charge in [-0.1, -0.05) is 60.6 Å². The van der Waals surface area contributed by atoms with Crippen LogP contribution < -0.4 is 0 Å². The summed E-state index contributed by atoms with van der Waals surface area (Å²) in [6, 6.07) is 4.37. The van der Waals surface area contributed by atoms with Crippen LogP contribution in [0.2, 0.25) is 0 Å². The molecule has 1 aromatic carbocycles. The van der Waals surface area contributed by atoms with Gasteiger partial charge in [0, 0.05) is 5.56 Å². The molecule has 0 aliphatic carbocycles. The van der Waals surface area contributed by atoms with Crippen LogP contribution in [0.3, 0.4) is 0 Å². The minimum absolute atomic E-state index is 0.000985. The first-order chi connectivity index (χ1) is 8.70. The third-order valence-corrected chi connectivity index (χ3v) is 4.42. The molecular weight excluding hydrogens is 232 g/mol. The standard InChI is InChI=1S/C18H30O/c1-8-14-10-15(9-12(2)3)17(19)16(11-14)18(6,7)13(4)5/h10-13,19H,8-9H2,1-7H3. The number of aryl methyl sites for hydroxylation is 1. The largest absolute Gasteiger partial charge is 0.507 e. The van der Waals surface area contributed by atoms with Crippen molar-refractivity contribution in [2.24, 2.45) is 11.8 Å². The molecule has 0 saturated heterocycles. The summed E-state index contributed by atoms with van der Waals surface area (Å²) >= 11 is 0. The molecule has 1 N–H and O–H groups in total. The Balaban J connectivity index is 3.39. The molecule has 1 nitrogen and oxygen atoms in total. The van der Waals surface area contributed by atoms with E-state index in [1.165, 1.54) is 5.56 Å². The van der Waals surface area contributed by atoms with Crippen molar-refractivity contribution in [2.75, 3.05) is 0 Å². The molecule has 1 heteroatoms. The lowest BCUT2D eigenvalue weighted by molar-refractivity contribution is 0.349. The second kappa shape index (κ2) is 5.98. The van der Waals surface area contributed by atoms with Gasteiger partial charge in [-0.2, -0.15) is 0 Å². The SMILES string of the molecule is CCc1cc(CC(C)C)c(O)c(C(C)(C)C(C)C)c1. The Labute approximate surface area is 119 Å². The summed E-state index contributed by atoms with van der Waals surface area (Å²) < 4.78 is 0. The van der Waals surface area contributed by atoms with E-state index in [9.17, 15) is 5.11 Å². The monoisotopic (exact) mass is 262 g/mol. The van der Waals surface area contributed by atoms with E-state index in [0.29, 0.717) is 17.6 Å². The van der Waals surface area contributed by atoms with E-state index in [1.807, 2.05) is 0 Å². The van der Waals surface area contributed by atoms with Crippen molar-refractivity contribution in [3.8, 4) is 5.75 Å². The number of rotatable bonds is 5. The van der Waals surface area contributed by atoms with Crippen molar-refractivity contribution in [3.05, 3.63) is 28.8 Å². The quantitative estimate of drug-likeness (QED) is 0.784. The van der Waals surface area contributed by atoms with E-state index in [4.69, 9.17) is 0 Å². The number of aromatic hydroxyl groups is 1. The molecule has 0 atom stereocenters. The first kappa shape index (κ1) is 16.1. The third-order valence-electron chi connectivity index (χ3n) is 4.42. The van der Waals surface area contributed by atoms with Crippen molar-refractivity contribution in [1.82, 2.24) is 0 Å². The molecule has 0 heterocycles. The molecule has 1 rings (SSSR count). The Morgan fingerprint density at radius 1 is 1.11 bits per heavy atom. The Hall–Kier alpha value is -0.980. The van der Waals surface area contributed by atoms with Crippen LogP contribution in [0.1, 0.15) is 65.2 Å². The van der Waals surface area contributed by atoms with E-state index in [-0.39, 0.29) is 5.41 Å². The minimum Gasteiger partial charge on any atom is -0.507 e. The highest BCUT2D eigenvalue weighted by Gasteiger charge is 2.29. The molecule has 0 fully saturated rings. The third kappa shape index (κ3) is 3.52. The zero-order valence-electron chi connectivity index (χ0n) is 13.7. The highest BCUT2D eigenvalue weighted by molar-refractivity contribution is 5.47. The van der Waals surface area contributed by atoms with Crippen LogP contribution in [0.5, 0.6) is 5.75 Å². The first-order valence-electron chi connectivity index (χ1n) is 7.55. The molecule has 0 amide bonds. The summed E-state index contributed by atoms with van der Waals surface area (Å²) in [7, 11) is 0. The van der Waals surface area contributed by atoms with Gasteiger partial charge in [-0.15, -0.1) is 0 Å². The van der Waals surface area contributed by atoms with Gasteiger partial charge in [-0.25, -0.2) is 0 Å². The summed E-state index contributed by atoms with van der Waals surface area (Å²) in [6.45, 7) is 15.5. The highest BCUT2D eigenvalue weighted by Crippen LogP contribution is 2.40. The van der Waals surface area contributed by atoms with Gasteiger partial charge in [-0.3, -0.25) is 0 Å². The van der Waals surface area contributed by atoms with E-state index < -0.39 is 0 Å². The zero-order chi connectivity index (χ0) is 14.8. The van der Waals surface area contributed by atoms with Crippen molar-refractivity contribution >= 4 is 0 Å². The fraction of sp³-hybridized carbons (Fsp3) is 0.667. The van der Waals surface area contributed by atoms with Gasteiger partial charge in [0.1, 0.15) is 5.75 Å². The molecule has 108 valence electrons. The predicted molar refractivity (Wildman–Crippen MR) is 83.9 cm³/mol. The smallest absolute Gasteiger partial charge is 0.122 e. The average Bonchev–Trinajstić information content (AvgIpc) is 2.30. The first-order valence-corrected chi connectivity index (χ1v) is 7.55. The van der Waals surface area contributed by atoms with Gasteiger partial charge in [0.05, 0.1) is 0 Å². The molecule has 0 radical (unpaired) electrons. The van der Waals surface area contributed by atoms with Gasteiger partial charge in [0.25, 0.3) is 0 Å². The molecule has 0 unspecified atom stereocenters. The zero-order valence-corrected chi connectivity index (χ0v) is 13.7. The second-order valence-electron chi connectivity index (χ2n) is 6.98. The van der Waals surface area contributed by atoms with Gasteiger partial charge in [0.2, 0.25) is 0 Å². The Bertz CT molecular complexity index is 428. The number of hydrogen-bond acceptors (Lipinski definition) is 1. The summed E-state index contributed by atoms with van der Waals surface area (Å²) in [6.07, 6.45) is 1.97. The number of benzene rings is 1. The Morgan fingerprint density at radius 3 is 2.11 bits per heavy atom. The molecule has 19 heavy (non-hydrogen) atoms. The van der Waals surface area contributed by atoms with Crippen LogP contribution in [0.15, 0.2) is 12.1 Å². The minimum atomic E-state index is 0.000985. The summed E-state index contributed by atoms with van der Waals surface area (Å²) in [4.78, 5) is 0. The van der Waals surface area contributed by atoms with Crippen molar-refractivity contribution in [2.45, 2.75) is 66.7 Å². The maximum absolute atomic E-state index is 10.6. The maximum atomic E-state index is 10.6. The summed E-state index contributed by atoms with van der Waals surface area (Å²) in [5.74, 6) is 1.58. The van der Waals surface area contributed by atoms with Crippen molar-refractivity contribution in [1.29, 1.82) is 0 Å². The fourth-order valence-corrected chi connectivity index (χ4v) is 2.36. The van der Waals surface area contributed by atoms with Crippen LogP contribution in [0.25, 0.3) is 0 Å². The number of phenolic OH excluding ortho intramolecular Hbond substituents is 1. The molecule has 0 aliphatic heterocycles. The topological polar surface area (TPSA) is 20.2 Å². The summed E-state index contributed by atoms with van der Waals surface area (Å²) in [5, 5.41) is 10.6. The predicted octanol–water partition coefficient (Wildman–Crippen LogP) is 5.09. The van der Waals surface area contributed by atoms with Gasteiger partial charge in [-0.05, 0) is 41.2 Å². The van der Waals surface area contributed by atoms with Crippen molar-refractivity contribution < 1.29 is 5.11 Å². The number of phenols is 1. The van der Waals surface area contributed by atoms with Crippen LogP contribution in [-0.4, -0.2) is 5.11 Å². The van der Waals surface area contributed by atoms with Crippen LogP contribution in [-0.2, 0) is 18.3 Å². The van der Waals surface area contributed by atoms with Crippen molar-refractivity contribution in [3.63, 3.8) is 0 Å². The van der Waals surface area contributed by atoms with E-state index in [2.05, 4.69) is 60.6 Å². The normalized spacial score (nSPS) is 12.5. The molecule has 1 aromatic rings. The second-order valence-corrected chi connectivity index (χ2v) is 6.98. The van der Waals surface area contributed by atoms with Crippen LogP contribution >= 0.6 is 0 Å². The van der Waals surface area contributed by atoms with Crippen LogP contribution in [0.4, 0.5) is 0 Å². The van der Waals surface area contributed by atoms with E-state index in [0.717, 1.165) is 24.0 Å². The highest BCUT2D eigenvalue weighted by atomic mass is 16.3. The average molecular weight is 262 g/mol. The Morgan fingerprint density at radius 2 is 1.68 bits per heavy atom. The molecular formula is C18H30O. The maximum Gasteiger partial charge on any atom is 0.122 e. The lowest BCUT2D eigenvalue weighted by Gasteiger charge is -2.32. The van der Waals surface area contributed by atoms with Crippen LogP contribution in [0, 0.1) is 11.8 Å². The van der Waals surface area contributed by atoms with E-state index in [1.54, 1.807) is 0 Å². The van der Waals surface area contributed by atoms with Gasteiger partial charge in [0.15, 0.2) is 0 Å². The number of hydrogen-bond donors (Lipinski definition) is 1. The van der Waals surface area contributed by atoms with E-state index >= 15 is 0 Å². The molecule has 0 aromatic heterocycles.